The van der Waals surface area contributed by atoms with Crippen molar-refractivity contribution in [2.45, 2.75) is 39.3 Å². The zero-order valence-corrected chi connectivity index (χ0v) is 14.1. The third-order valence-corrected chi connectivity index (χ3v) is 5.07. The lowest BCUT2D eigenvalue weighted by atomic mass is 9.86. The first-order valence-electron chi connectivity index (χ1n) is 6.99. The van der Waals surface area contributed by atoms with Gasteiger partial charge >= 0.3 is 0 Å². The molecule has 0 spiro atoms. The zero-order valence-electron chi connectivity index (χ0n) is 11.8. The molecule has 1 heterocycles. The summed E-state index contributed by atoms with van der Waals surface area (Å²) in [4.78, 5) is 2.44. The van der Waals surface area contributed by atoms with Crippen molar-refractivity contribution in [3.8, 4) is 0 Å². The maximum Gasteiger partial charge on any atom is 0.0640 e. The second-order valence-corrected chi connectivity index (χ2v) is 6.66. The van der Waals surface area contributed by atoms with E-state index in [1.54, 1.807) is 0 Å². The molecule has 2 nitrogen and oxygen atoms in total. The van der Waals surface area contributed by atoms with Gasteiger partial charge in [0.15, 0.2) is 0 Å². The first-order chi connectivity index (χ1) is 9.04. The highest BCUT2D eigenvalue weighted by atomic mass is 79.9. The Morgan fingerprint density at radius 3 is 2.84 bits per heavy atom. The lowest BCUT2D eigenvalue weighted by Gasteiger charge is -2.44. The average Bonchev–Trinajstić information content (AvgIpc) is 2.39. The van der Waals surface area contributed by atoms with Crippen LogP contribution in [0.25, 0.3) is 0 Å². The van der Waals surface area contributed by atoms with Crippen molar-refractivity contribution in [1.82, 2.24) is 5.32 Å². The molecule has 0 radical (unpaired) electrons. The molecule has 19 heavy (non-hydrogen) atoms. The largest absolute Gasteiger partial charge is 0.367 e. The molecule has 3 unspecified atom stereocenters. The van der Waals surface area contributed by atoms with Gasteiger partial charge in [0.2, 0.25) is 0 Å². The Labute approximate surface area is 129 Å². The van der Waals surface area contributed by atoms with Gasteiger partial charge in [0.05, 0.1) is 10.7 Å². The van der Waals surface area contributed by atoms with Crippen LogP contribution in [0.4, 0.5) is 5.69 Å². The Morgan fingerprint density at radius 1 is 1.42 bits per heavy atom. The highest BCUT2D eigenvalue weighted by Crippen LogP contribution is 2.35. The number of nitrogens with zero attached hydrogens (tertiary/aromatic N) is 1. The topological polar surface area (TPSA) is 15.3 Å². The lowest BCUT2D eigenvalue weighted by Crippen LogP contribution is -2.53. The number of halogens is 2. The molecule has 4 heteroatoms. The van der Waals surface area contributed by atoms with Gasteiger partial charge in [-0.25, -0.2) is 0 Å². The van der Waals surface area contributed by atoms with Gasteiger partial charge in [-0.3, -0.25) is 0 Å². The highest BCUT2D eigenvalue weighted by Gasteiger charge is 2.32. The van der Waals surface area contributed by atoms with Crippen LogP contribution in [0, 0.1) is 5.92 Å². The van der Waals surface area contributed by atoms with E-state index >= 15 is 0 Å². The molecule has 0 bridgehead atoms. The quantitative estimate of drug-likeness (QED) is 0.878. The lowest BCUT2D eigenvalue weighted by molar-refractivity contribution is 0.274. The van der Waals surface area contributed by atoms with Crippen LogP contribution in [0.5, 0.6) is 0 Å². The van der Waals surface area contributed by atoms with Crippen LogP contribution in [0.3, 0.4) is 0 Å². The van der Waals surface area contributed by atoms with Crippen LogP contribution in [0.1, 0.15) is 27.2 Å². The summed E-state index contributed by atoms with van der Waals surface area (Å²) in [6.45, 7) is 8.90. The number of anilines is 1. The molecule has 3 atom stereocenters. The van der Waals surface area contributed by atoms with E-state index in [0.29, 0.717) is 18.0 Å². The maximum absolute atomic E-state index is 6.36. The standard InChI is InChI=1S/C15H22BrClN2/c1-4-18-14-7-8-19(11(3)10(14)2)15-9-12(16)5-6-13(15)17/h5-6,9-11,14,18H,4,7-8H2,1-3H3. The van der Waals surface area contributed by atoms with Gasteiger partial charge in [0.1, 0.15) is 0 Å². The first kappa shape index (κ1) is 15.1. The molecule has 2 rings (SSSR count). The van der Waals surface area contributed by atoms with Crippen molar-refractivity contribution in [2.24, 2.45) is 5.92 Å². The summed E-state index contributed by atoms with van der Waals surface area (Å²) < 4.78 is 1.08. The Morgan fingerprint density at radius 2 is 2.16 bits per heavy atom. The Bertz CT molecular complexity index is 438. The number of benzene rings is 1. The summed E-state index contributed by atoms with van der Waals surface area (Å²) in [7, 11) is 0. The van der Waals surface area contributed by atoms with Gasteiger partial charge in [-0.05, 0) is 44.0 Å². The summed E-state index contributed by atoms with van der Waals surface area (Å²) in [5.74, 6) is 0.615. The molecular weight excluding hydrogens is 324 g/mol. The Balaban J connectivity index is 2.20. The van der Waals surface area contributed by atoms with E-state index in [1.807, 2.05) is 12.1 Å². The molecule has 1 aromatic carbocycles. The van der Waals surface area contributed by atoms with E-state index in [9.17, 15) is 0 Å². The molecule has 1 fully saturated rings. The van der Waals surface area contributed by atoms with Crippen molar-refractivity contribution in [1.29, 1.82) is 0 Å². The fourth-order valence-corrected chi connectivity index (χ4v) is 3.54. The van der Waals surface area contributed by atoms with Crippen molar-refractivity contribution < 1.29 is 0 Å². The fraction of sp³-hybridized carbons (Fsp3) is 0.600. The molecule has 0 saturated carbocycles. The van der Waals surface area contributed by atoms with Gasteiger partial charge in [0.25, 0.3) is 0 Å². The minimum atomic E-state index is 0.490. The normalized spacial score (nSPS) is 27.6. The summed E-state index contributed by atoms with van der Waals surface area (Å²) in [5, 5.41) is 4.43. The predicted molar refractivity (Wildman–Crippen MR) is 87.2 cm³/mol. The Kier molecular flexibility index (Phi) is 5.15. The number of hydrogen-bond donors (Lipinski definition) is 1. The smallest absolute Gasteiger partial charge is 0.0640 e. The second kappa shape index (κ2) is 6.47. The van der Waals surface area contributed by atoms with Crippen LogP contribution >= 0.6 is 27.5 Å². The molecule has 0 aliphatic carbocycles. The van der Waals surface area contributed by atoms with Crippen molar-refractivity contribution in [2.75, 3.05) is 18.0 Å². The average molecular weight is 346 g/mol. The Hall–Kier alpha value is -0.250. The molecule has 106 valence electrons. The number of rotatable bonds is 3. The molecule has 1 aromatic rings. The van der Waals surface area contributed by atoms with Crippen LogP contribution in [-0.4, -0.2) is 25.2 Å². The predicted octanol–water partition coefficient (Wildman–Crippen LogP) is 4.32. The summed E-state index contributed by atoms with van der Waals surface area (Å²) in [5.41, 5.74) is 1.14. The van der Waals surface area contributed by atoms with E-state index in [1.165, 1.54) is 6.42 Å². The number of piperidine rings is 1. The second-order valence-electron chi connectivity index (χ2n) is 5.34. The van der Waals surface area contributed by atoms with Gasteiger partial charge < -0.3 is 10.2 Å². The van der Waals surface area contributed by atoms with Gasteiger partial charge in [-0.2, -0.15) is 0 Å². The van der Waals surface area contributed by atoms with E-state index in [-0.39, 0.29) is 0 Å². The molecule has 0 amide bonds. The number of nitrogens with one attached hydrogen (secondary N) is 1. The summed E-state index contributed by atoms with van der Waals surface area (Å²) in [6.07, 6.45) is 1.17. The molecule has 1 aliphatic rings. The highest BCUT2D eigenvalue weighted by molar-refractivity contribution is 9.10. The molecule has 1 N–H and O–H groups in total. The van der Waals surface area contributed by atoms with Crippen LogP contribution in [-0.2, 0) is 0 Å². The van der Waals surface area contributed by atoms with E-state index in [0.717, 1.165) is 28.3 Å². The fourth-order valence-electron chi connectivity index (χ4n) is 2.96. The van der Waals surface area contributed by atoms with E-state index in [2.05, 4.69) is 53.0 Å². The SMILES string of the molecule is CCNC1CCN(c2cc(Br)ccc2Cl)C(C)C1C. The third kappa shape index (κ3) is 3.26. The third-order valence-electron chi connectivity index (χ3n) is 4.25. The molecule has 1 saturated heterocycles. The summed E-state index contributed by atoms with van der Waals surface area (Å²) >= 11 is 9.90. The van der Waals surface area contributed by atoms with Crippen molar-refractivity contribution in [3.05, 3.63) is 27.7 Å². The zero-order chi connectivity index (χ0) is 14.0. The monoisotopic (exact) mass is 344 g/mol. The van der Waals surface area contributed by atoms with E-state index in [4.69, 9.17) is 11.6 Å². The van der Waals surface area contributed by atoms with Crippen molar-refractivity contribution in [3.63, 3.8) is 0 Å². The minimum absolute atomic E-state index is 0.490. The molecule has 0 aromatic heterocycles. The first-order valence-corrected chi connectivity index (χ1v) is 8.16. The minimum Gasteiger partial charge on any atom is -0.367 e. The van der Waals surface area contributed by atoms with Crippen LogP contribution in [0.2, 0.25) is 5.02 Å². The van der Waals surface area contributed by atoms with Gasteiger partial charge in [-0.15, -0.1) is 0 Å². The van der Waals surface area contributed by atoms with Crippen molar-refractivity contribution >= 4 is 33.2 Å². The van der Waals surface area contributed by atoms with Crippen LogP contribution in [0.15, 0.2) is 22.7 Å². The van der Waals surface area contributed by atoms with Crippen LogP contribution < -0.4 is 10.2 Å². The molecule has 1 aliphatic heterocycles. The summed E-state index contributed by atoms with van der Waals surface area (Å²) in [6, 6.07) is 7.19. The maximum atomic E-state index is 6.36. The molecular formula is C15H22BrClN2. The van der Waals surface area contributed by atoms with Gasteiger partial charge in [-0.1, -0.05) is 41.4 Å². The number of hydrogen-bond acceptors (Lipinski definition) is 2. The van der Waals surface area contributed by atoms with E-state index < -0.39 is 0 Å². The van der Waals surface area contributed by atoms with Gasteiger partial charge in [0, 0.05) is 23.1 Å².